The van der Waals surface area contributed by atoms with Gasteiger partial charge in [-0.1, -0.05) is 23.2 Å². The molecule has 1 aromatic carbocycles. The largest absolute Gasteiger partial charge is 0.490 e. The topological polar surface area (TPSA) is 59.1 Å². The lowest BCUT2D eigenvalue weighted by Gasteiger charge is -2.13. The summed E-state index contributed by atoms with van der Waals surface area (Å²) >= 11 is 12.0. The number of anilines is 3. The Morgan fingerprint density at radius 3 is 2.53 bits per heavy atom. The van der Waals surface area contributed by atoms with Crippen LogP contribution in [0.1, 0.15) is 0 Å². The van der Waals surface area contributed by atoms with Crippen LogP contribution in [0.25, 0.3) is 0 Å². The van der Waals surface area contributed by atoms with Crippen molar-refractivity contribution in [3.8, 4) is 5.75 Å². The van der Waals surface area contributed by atoms with Gasteiger partial charge in [-0.25, -0.2) is 9.97 Å². The average molecular weight is 299 g/mol. The van der Waals surface area contributed by atoms with E-state index >= 15 is 0 Å². The molecule has 1 heterocycles. The predicted octanol–water partition coefficient (Wildman–Crippen LogP) is 3.58. The second kappa shape index (κ2) is 5.95. The molecule has 0 bridgehead atoms. The third-order valence-corrected chi connectivity index (χ3v) is 2.98. The monoisotopic (exact) mass is 298 g/mol. The zero-order valence-corrected chi connectivity index (χ0v) is 11.9. The molecule has 0 amide bonds. The van der Waals surface area contributed by atoms with Crippen molar-refractivity contribution in [2.24, 2.45) is 0 Å². The highest BCUT2D eigenvalue weighted by Crippen LogP contribution is 2.34. The van der Waals surface area contributed by atoms with Gasteiger partial charge in [-0.3, -0.25) is 0 Å². The molecule has 1 aromatic heterocycles. The first kappa shape index (κ1) is 13.7. The molecule has 0 unspecified atom stereocenters. The van der Waals surface area contributed by atoms with Crippen molar-refractivity contribution < 1.29 is 4.74 Å². The summed E-state index contributed by atoms with van der Waals surface area (Å²) in [5.41, 5.74) is 0.685. The van der Waals surface area contributed by atoms with E-state index in [1.807, 2.05) is 0 Å². The fourth-order valence-electron chi connectivity index (χ4n) is 1.55. The third-order valence-electron chi connectivity index (χ3n) is 2.43. The van der Waals surface area contributed by atoms with Gasteiger partial charge < -0.3 is 15.4 Å². The molecule has 0 aliphatic carbocycles. The van der Waals surface area contributed by atoms with Gasteiger partial charge in [0.15, 0.2) is 11.6 Å². The Hall–Kier alpha value is -1.72. The molecule has 0 saturated carbocycles. The number of nitrogens with zero attached hydrogens (tertiary/aromatic N) is 2. The van der Waals surface area contributed by atoms with Crippen LogP contribution in [0.5, 0.6) is 5.75 Å². The van der Waals surface area contributed by atoms with Gasteiger partial charge in [-0.2, -0.15) is 0 Å². The quantitative estimate of drug-likeness (QED) is 0.903. The van der Waals surface area contributed by atoms with Crippen LogP contribution in [-0.2, 0) is 0 Å². The van der Waals surface area contributed by atoms with Crippen LogP contribution in [-0.4, -0.2) is 24.1 Å². The van der Waals surface area contributed by atoms with Gasteiger partial charge in [0.25, 0.3) is 0 Å². The highest BCUT2D eigenvalue weighted by atomic mass is 35.5. The van der Waals surface area contributed by atoms with Crippen molar-refractivity contribution in [2.75, 3.05) is 24.8 Å². The Morgan fingerprint density at radius 1 is 1.16 bits per heavy atom. The third kappa shape index (κ3) is 3.00. The molecule has 2 rings (SSSR count). The van der Waals surface area contributed by atoms with Crippen LogP contribution < -0.4 is 15.4 Å². The van der Waals surface area contributed by atoms with Crippen LogP contribution in [0, 0.1) is 0 Å². The van der Waals surface area contributed by atoms with Crippen LogP contribution in [0.4, 0.5) is 17.3 Å². The number of hydrogen-bond donors (Lipinski definition) is 2. The summed E-state index contributed by atoms with van der Waals surface area (Å²) in [6.45, 7) is 0. The summed E-state index contributed by atoms with van der Waals surface area (Å²) in [6, 6.07) is 5.16. The zero-order chi connectivity index (χ0) is 13.8. The molecule has 19 heavy (non-hydrogen) atoms. The molecule has 0 saturated heterocycles. The van der Waals surface area contributed by atoms with Gasteiger partial charge in [-0.05, 0) is 18.2 Å². The number of halogens is 2. The van der Waals surface area contributed by atoms with Crippen LogP contribution in [0.3, 0.4) is 0 Å². The fourth-order valence-corrected chi connectivity index (χ4v) is 2.01. The number of ether oxygens (including phenoxy) is 1. The van der Waals surface area contributed by atoms with E-state index in [1.54, 1.807) is 32.4 Å². The summed E-state index contributed by atoms with van der Waals surface area (Å²) in [7, 11) is 3.30. The maximum absolute atomic E-state index is 6.10. The van der Waals surface area contributed by atoms with E-state index in [4.69, 9.17) is 27.9 Å². The summed E-state index contributed by atoms with van der Waals surface area (Å²) in [5.74, 6) is 1.62. The molecular formula is C12H12Cl2N4O. The Morgan fingerprint density at radius 2 is 1.89 bits per heavy atom. The van der Waals surface area contributed by atoms with Crippen LogP contribution in [0.15, 0.2) is 24.5 Å². The van der Waals surface area contributed by atoms with Gasteiger partial charge >= 0.3 is 0 Å². The van der Waals surface area contributed by atoms with Crippen LogP contribution in [0.2, 0.25) is 10.0 Å². The molecule has 0 aliphatic rings. The Bertz CT molecular complexity index is 592. The van der Waals surface area contributed by atoms with E-state index in [2.05, 4.69) is 20.6 Å². The molecule has 2 aromatic rings. The molecule has 2 N–H and O–H groups in total. The summed E-state index contributed by atoms with van der Waals surface area (Å²) < 4.78 is 5.28. The molecule has 100 valence electrons. The lowest BCUT2D eigenvalue weighted by molar-refractivity contribution is 0.415. The Balaban J connectivity index is 2.37. The number of hydrogen-bond acceptors (Lipinski definition) is 5. The minimum absolute atomic E-state index is 0.499. The number of nitrogens with one attached hydrogen (secondary N) is 2. The predicted molar refractivity (Wildman–Crippen MR) is 77.9 cm³/mol. The van der Waals surface area contributed by atoms with E-state index in [1.165, 1.54) is 6.33 Å². The zero-order valence-electron chi connectivity index (χ0n) is 10.4. The normalized spacial score (nSPS) is 10.1. The van der Waals surface area contributed by atoms with Crippen molar-refractivity contribution >= 4 is 40.5 Å². The second-order valence-corrected chi connectivity index (χ2v) is 4.45. The van der Waals surface area contributed by atoms with Gasteiger partial charge in [-0.15, -0.1) is 0 Å². The van der Waals surface area contributed by atoms with Gasteiger partial charge in [0.2, 0.25) is 5.75 Å². The van der Waals surface area contributed by atoms with Crippen molar-refractivity contribution in [1.29, 1.82) is 0 Å². The summed E-state index contributed by atoms with van der Waals surface area (Å²) in [6.07, 6.45) is 1.43. The maximum atomic E-state index is 6.10. The smallest absolute Gasteiger partial charge is 0.204 e. The van der Waals surface area contributed by atoms with Gasteiger partial charge in [0.1, 0.15) is 6.33 Å². The number of rotatable bonds is 4. The number of methoxy groups -OCH3 is 1. The van der Waals surface area contributed by atoms with Crippen molar-refractivity contribution in [1.82, 2.24) is 9.97 Å². The van der Waals surface area contributed by atoms with Crippen molar-refractivity contribution in [3.63, 3.8) is 0 Å². The average Bonchev–Trinajstić information content (AvgIpc) is 2.41. The molecular weight excluding hydrogens is 287 g/mol. The second-order valence-electron chi connectivity index (χ2n) is 3.60. The molecule has 7 heteroatoms. The summed E-state index contributed by atoms with van der Waals surface area (Å²) in [4.78, 5) is 8.20. The molecule has 0 aliphatic heterocycles. The SMILES string of the molecule is CNc1ncnc(Nc2ccc(Cl)cc2Cl)c1OC. The first-order valence-electron chi connectivity index (χ1n) is 5.44. The van der Waals surface area contributed by atoms with Gasteiger partial charge in [0.05, 0.1) is 17.8 Å². The molecule has 0 atom stereocenters. The van der Waals surface area contributed by atoms with Crippen molar-refractivity contribution in [2.45, 2.75) is 0 Å². The first-order chi connectivity index (χ1) is 9.15. The lowest BCUT2D eigenvalue weighted by atomic mass is 10.3. The Kier molecular flexibility index (Phi) is 4.29. The van der Waals surface area contributed by atoms with Crippen LogP contribution >= 0.6 is 23.2 Å². The van der Waals surface area contributed by atoms with E-state index in [0.29, 0.717) is 33.1 Å². The molecule has 0 spiro atoms. The lowest BCUT2D eigenvalue weighted by Crippen LogP contribution is -2.03. The van der Waals surface area contributed by atoms with E-state index in [9.17, 15) is 0 Å². The van der Waals surface area contributed by atoms with Crippen molar-refractivity contribution in [3.05, 3.63) is 34.6 Å². The highest BCUT2D eigenvalue weighted by Gasteiger charge is 2.12. The molecule has 0 fully saturated rings. The van der Waals surface area contributed by atoms with E-state index in [-0.39, 0.29) is 0 Å². The first-order valence-corrected chi connectivity index (χ1v) is 6.20. The maximum Gasteiger partial charge on any atom is 0.204 e. The fraction of sp³-hybridized carbons (Fsp3) is 0.167. The minimum atomic E-state index is 0.499. The number of aromatic nitrogens is 2. The molecule has 5 nitrogen and oxygen atoms in total. The standard InChI is InChI=1S/C12H12Cl2N4O/c1-15-11-10(19-2)12(17-6-16-11)18-9-4-3-7(13)5-8(9)14/h3-6H,1-2H3,(H2,15,16,17,18). The number of benzene rings is 1. The minimum Gasteiger partial charge on any atom is -0.490 e. The van der Waals surface area contributed by atoms with E-state index in [0.717, 1.165) is 0 Å². The summed E-state index contributed by atoms with van der Waals surface area (Å²) in [5, 5.41) is 7.08. The van der Waals surface area contributed by atoms with E-state index < -0.39 is 0 Å². The van der Waals surface area contributed by atoms with Gasteiger partial charge in [0, 0.05) is 12.1 Å². The Labute approximate surface area is 120 Å². The molecule has 0 radical (unpaired) electrons. The highest BCUT2D eigenvalue weighted by molar-refractivity contribution is 6.36.